The zero-order valence-electron chi connectivity index (χ0n) is 8.88. The maximum absolute atomic E-state index is 11.9. The molecule has 0 aromatic carbocycles. The summed E-state index contributed by atoms with van der Waals surface area (Å²) in [7, 11) is 0. The summed E-state index contributed by atoms with van der Waals surface area (Å²) in [5.74, 6) is 0.780. The zero-order chi connectivity index (χ0) is 10.3. The van der Waals surface area contributed by atoms with E-state index < -0.39 is 0 Å². The second-order valence-corrected chi connectivity index (χ2v) is 5.11. The molecule has 3 heteroatoms. The van der Waals surface area contributed by atoms with Crippen LogP contribution in [0.2, 0.25) is 0 Å². The standard InChI is InChI=1S/C11H17NO2/c1-11(2)7-9(11)10(14)12-5-3-8(13)4-6-12/h9H,3-7H2,1-2H3. The normalized spacial score (nSPS) is 30.3. The molecule has 0 aromatic heterocycles. The Labute approximate surface area is 84.5 Å². The van der Waals surface area contributed by atoms with Crippen molar-refractivity contribution in [1.82, 2.24) is 4.90 Å². The molecule has 1 unspecified atom stereocenters. The van der Waals surface area contributed by atoms with E-state index in [1.54, 1.807) is 0 Å². The number of ketones is 1. The van der Waals surface area contributed by atoms with Crippen molar-refractivity contribution in [2.75, 3.05) is 13.1 Å². The first-order chi connectivity index (χ1) is 6.50. The van der Waals surface area contributed by atoms with Crippen LogP contribution in [-0.4, -0.2) is 29.7 Å². The number of rotatable bonds is 1. The maximum Gasteiger partial charge on any atom is 0.226 e. The molecule has 1 aliphatic carbocycles. The number of piperidine rings is 1. The molecule has 0 N–H and O–H groups in total. The van der Waals surface area contributed by atoms with Crippen LogP contribution < -0.4 is 0 Å². The van der Waals surface area contributed by atoms with Gasteiger partial charge in [0.05, 0.1) is 0 Å². The lowest BCUT2D eigenvalue weighted by atomic mass is 10.1. The first-order valence-electron chi connectivity index (χ1n) is 5.31. The molecule has 0 spiro atoms. The molecule has 14 heavy (non-hydrogen) atoms. The molecular formula is C11H17NO2. The summed E-state index contributed by atoms with van der Waals surface area (Å²) in [4.78, 5) is 24.8. The van der Waals surface area contributed by atoms with Crippen LogP contribution in [0.1, 0.15) is 33.1 Å². The van der Waals surface area contributed by atoms with Crippen LogP contribution in [0.3, 0.4) is 0 Å². The monoisotopic (exact) mass is 195 g/mol. The Kier molecular flexibility index (Phi) is 2.13. The number of hydrogen-bond acceptors (Lipinski definition) is 2. The first-order valence-corrected chi connectivity index (χ1v) is 5.31. The molecule has 2 rings (SSSR count). The third kappa shape index (κ3) is 1.68. The second-order valence-electron chi connectivity index (χ2n) is 5.11. The number of carbonyl (C=O) groups excluding carboxylic acids is 2. The molecule has 1 saturated heterocycles. The Hall–Kier alpha value is -0.860. The Bertz CT molecular complexity index is 273. The minimum absolute atomic E-state index is 0.207. The van der Waals surface area contributed by atoms with Gasteiger partial charge in [-0.1, -0.05) is 13.8 Å². The van der Waals surface area contributed by atoms with E-state index in [-0.39, 0.29) is 17.2 Å². The summed E-state index contributed by atoms with van der Waals surface area (Å²) in [6.07, 6.45) is 2.12. The number of amides is 1. The average Bonchev–Trinajstić information content (AvgIpc) is 2.75. The first kappa shape index (κ1) is 9.69. The van der Waals surface area contributed by atoms with Crippen molar-refractivity contribution in [2.45, 2.75) is 33.1 Å². The number of nitrogens with zero attached hydrogens (tertiary/aromatic N) is 1. The Morgan fingerprint density at radius 1 is 1.36 bits per heavy atom. The third-order valence-corrected chi connectivity index (χ3v) is 3.44. The molecule has 1 atom stereocenters. The summed E-state index contributed by atoms with van der Waals surface area (Å²) in [6.45, 7) is 5.55. The summed E-state index contributed by atoms with van der Waals surface area (Å²) < 4.78 is 0. The summed E-state index contributed by atoms with van der Waals surface area (Å²) in [5, 5.41) is 0. The van der Waals surface area contributed by atoms with Crippen LogP contribution in [0.4, 0.5) is 0 Å². The predicted octanol–water partition coefficient (Wildman–Crippen LogP) is 1.22. The molecule has 3 nitrogen and oxygen atoms in total. The van der Waals surface area contributed by atoms with E-state index in [9.17, 15) is 9.59 Å². The highest BCUT2D eigenvalue weighted by Gasteiger charge is 2.52. The number of carbonyl (C=O) groups is 2. The fraction of sp³-hybridized carbons (Fsp3) is 0.818. The van der Waals surface area contributed by atoms with E-state index in [4.69, 9.17) is 0 Å². The molecule has 1 heterocycles. The van der Waals surface area contributed by atoms with Crippen LogP contribution in [0, 0.1) is 11.3 Å². The fourth-order valence-corrected chi connectivity index (χ4v) is 2.09. The van der Waals surface area contributed by atoms with Gasteiger partial charge in [0, 0.05) is 31.8 Å². The van der Waals surface area contributed by atoms with Crippen molar-refractivity contribution in [3.8, 4) is 0 Å². The molecule has 2 fully saturated rings. The van der Waals surface area contributed by atoms with Crippen molar-refractivity contribution in [3.05, 3.63) is 0 Å². The average molecular weight is 195 g/mol. The van der Waals surface area contributed by atoms with E-state index in [0.29, 0.717) is 31.7 Å². The molecule has 0 radical (unpaired) electrons. The van der Waals surface area contributed by atoms with Crippen molar-refractivity contribution >= 4 is 11.7 Å². The number of Topliss-reactive ketones (excluding diaryl/α,β-unsaturated/α-hetero) is 1. The van der Waals surface area contributed by atoms with Crippen molar-refractivity contribution in [2.24, 2.45) is 11.3 Å². The Morgan fingerprint density at radius 3 is 2.29 bits per heavy atom. The smallest absolute Gasteiger partial charge is 0.226 e. The van der Waals surface area contributed by atoms with Crippen LogP contribution in [0.5, 0.6) is 0 Å². The van der Waals surface area contributed by atoms with Gasteiger partial charge in [-0.2, -0.15) is 0 Å². The highest BCUT2D eigenvalue weighted by molar-refractivity contribution is 5.86. The van der Waals surface area contributed by atoms with E-state index >= 15 is 0 Å². The van der Waals surface area contributed by atoms with E-state index in [1.807, 2.05) is 4.90 Å². The SMILES string of the molecule is CC1(C)CC1C(=O)N1CCC(=O)CC1. The molecule has 0 aromatic rings. The van der Waals surface area contributed by atoms with Crippen molar-refractivity contribution in [1.29, 1.82) is 0 Å². The minimum atomic E-state index is 0.207. The lowest BCUT2D eigenvalue weighted by Crippen LogP contribution is -2.40. The van der Waals surface area contributed by atoms with Gasteiger partial charge in [0.15, 0.2) is 0 Å². The van der Waals surface area contributed by atoms with Crippen LogP contribution in [0.15, 0.2) is 0 Å². The number of likely N-dealkylation sites (tertiary alicyclic amines) is 1. The largest absolute Gasteiger partial charge is 0.342 e. The van der Waals surface area contributed by atoms with Gasteiger partial charge in [-0.05, 0) is 11.8 Å². The number of hydrogen-bond donors (Lipinski definition) is 0. The topological polar surface area (TPSA) is 37.4 Å². The van der Waals surface area contributed by atoms with Gasteiger partial charge in [0.1, 0.15) is 5.78 Å². The fourth-order valence-electron chi connectivity index (χ4n) is 2.09. The van der Waals surface area contributed by atoms with Gasteiger partial charge in [-0.15, -0.1) is 0 Å². The third-order valence-electron chi connectivity index (χ3n) is 3.44. The highest BCUT2D eigenvalue weighted by Crippen LogP contribution is 2.52. The second kappa shape index (κ2) is 3.07. The van der Waals surface area contributed by atoms with Gasteiger partial charge in [0.25, 0.3) is 0 Å². The van der Waals surface area contributed by atoms with Crippen LogP contribution in [0.25, 0.3) is 0 Å². The molecule has 0 bridgehead atoms. The Morgan fingerprint density at radius 2 is 1.86 bits per heavy atom. The van der Waals surface area contributed by atoms with Crippen molar-refractivity contribution < 1.29 is 9.59 Å². The molecule has 1 saturated carbocycles. The van der Waals surface area contributed by atoms with E-state index in [2.05, 4.69) is 13.8 Å². The summed E-state index contributed by atoms with van der Waals surface area (Å²) in [6, 6.07) is 0. The lowest BCUT2D eigenvalue weighted by Gasteiger charge is -2.26. The van der Waals surface area contributed by atoms with Gasteiger partial charge in [0.2, 0.25) is 5.91 Å². The molecular weight excluding hydrogens is 178 g/mol. The highest BCUT2D eigenvalue weighted by atomic mass is 16.2. The molecule has 1 aliphatic heterocycles. The van der Waals surface area contributed by atoms with Crippen LogP contribution >= 0.6 is 0 Å². The lowest BCUT2D eigenvalue weighted by molar-refractivity contribution is -0.136. The Balaban J connectivity index is 1.90. The van der Waals surface area contributed by atoms with Gasteiger partial charge < -0.3 is 4.90 Å². The summed E-state index contributed by atoms with van der Waals surface area (Å²) in [5.41, 5.74) is 0.207. The molecule has 1 amide bonds. The molecule has 2 aliphatic rings. The maximum atomic E-state index is 11.9. The molecule has 78 valence electrons. The zero-order valence-corrected chi connectivity index (χ0v) is 8.88. The van der Waals surface area contributed by atoms with Gasteiger partial charge in [-0.25, -0.2) is 0 Å². The van der Waals surface area contributed by atoms with E-state index in [0.717, 1.165) is 6.42 Å². The van der Waals surface area contributed by atoms with E-state index in [1.165, 1.54) is 0 Å². The minimum Gasteiger partial charge on any atom is -0.342 e. The van der Waals surface area contributed by atoms with Gasteiger partial charge in [-0.3, -0.25) is 9.59 Å². The summed E-state index contributed by atoms with van der Waals surface area (Å²) >= 11 is 0. The predicted molar refractivity (Wildman–Crippen MR) is 52.7 cm³/mol. The van der Waals surface area contributed by atoms with Crippen LogP contribution in [-0.2, 0) is 9.59 Å². The van der Waals surface area contributed by atoms with Gasteiger partial charge >= 0.3 is 0 Å². The van der Waals surface area contributed by atoms with Crippen molar-refractivity contribution in [3.63, 3.8) is 0 Å². The quantitative estimate of drug-likeness (QED) is 0.631.